The maximum atomic E-state index is 12.3. The van der Waals surface area contributed by atoms with Gasteiger partial charge < -0.3 is 14.8 Å². The number of halogens is 3. The summed E-state index contributed by atoms with van der Waals surface area (Å²) in [4.78, 5) is 24.5. The topological polar surface area (TPSA) is 82.5 Å². The molecule has 1 heterocycles. The lowest BCUT2D eigenvalue weighted by Crippen LogP contribution is -2.30. The summed E-state index contributed by atoms with van der Waals surface area (Å²) in [6.07, 6.45) is -2.44. The van der Waals surface area contributed by atoms with Gasteiger partial charge in [-0.05, 0) is 55.0 Å². The second-order valence-electron chi connectivity index (χ2n) is 6.51. The lowest BCUT2D eigenvalue weighted by molar-refractivity contribution is -0.274. The number of carbonyl (C=O) groups is 2. The van der Waals surface area contributed by atoms with Crippen molar-refractivity contribution in [1.29, 1.82) is 0 Å². The number of amides is 1. The zero-order valence-corrected chi connectivity index (χ0v) is 16.3. The van der Waals surface area contributed by atoms with Crippen molar-refractivity contribution < 1.29 is 32.2 Å². The summed E-state index contributed by atoms with van der Waals surface area (Å²) in [6, 6.07) is 13.1. The molecule has 0 bridgehead atoms. The van der Waals surface area contributed by atoms with Crippen LogP contribution < -0.4 is 10.1 Å². The van der Waals surface area contributed by atoms with Crippen LogP contribution in [0.1, 0.15) is 22.8 Å². The quantitative estimate of drug-likeness (QED) is 0.570. The van der Waals surface area contributed by atoms with Gasteiger partial charge in [0.05, 0.1) is 12.1 Å². The van der Waals surface area contributed by atoms with Crippen molar-refractivity contribution in [2.75, 3.05) is 5.32 Å². The van der Waals surface area contributed by atoms with Crippen molar-refractivity contribution >= 4 is 17.6 Å². The minimum absolute atomic E-state index is 0.227. The Morgan fingerprint density at radius 2 is 1.77 bits per heavy atom. The largest absolute Gasteiger partial charge is 0.573 e. The molecule has 2 aromatic carbocycles. The Bertz CT molecular complexity index is 1020. The molecule has 162 valence electrons. The zero-order valence-electron chi connectivity index (χ0n) is 16.3. The van der Waals surface area contributed by atoms with Crippen molar-refractivity contribution in [1.82, 2.24) is 9.78 Å². The number of alkyl halides is 3. The van der Waals surface area contributed by atoms with Crippen molar-refractivity contribution in [2.45, 2.75) is 25.9 Å². The Hall–Kier alpha value is -3.82. The van der Waals surface area contributed by atoms with Gasteiger partial charge in [0, 0.05) is 18.1 Å². The van der Waals surface area contributed by atoms with Gasteiger partial charge in [-0.2, -0.15) is 5.10 Å². The number of ether oxygens (including phenoxy) is 2. The Kier molecular flexibility index (Phi) is 6.58. The number of nitrogens with zero attached hydrogens (tertiary/aromatic N) is 2. The molecular formula is C21H18F3N3O4. The number of rotatable bonds is 7. The smallest absolute Gasteiger partial charge is 0.449 e. The van der Waals surface area contributed by atoms with E-state index in [4.69, 9.17) is 4.74 Å². The molecule has 0 saturated heterocycles. The van der Waals surface area contributed by atoms with E-state index in [9.17, 15) is 22.8 Å². The third-order valence-corrected chi connectivity index (χ3v) is 4.10. The third kappa shape index (κ3) is 6.59. The van der Waals surface area contributed by atoms with Crippen LogP contribution >= 0.6 is 0 Å². The first-order chi connectivity index (χ1) is 14.7. The van der Waals surface area contributed by atoms with Crippen LogP contribution in [-0.2, 0) is 16.1 Å². The lowest BCUT2D eigenvalue weighted by atomic mass is 10.1. The van der Waals surface area contributed by atoms with E-state index in [0.29, 0.717) is 6.54 Å². The van der Waals surface area contributed by atoms with Crippen LogP contribution in [0.5, 0.6) is 5.75 Å². The van der Waals surface area contributed by atoms with Crippen molar-refractivity contribution in [3.05, 3.63) is 78.1 Å². The lowest BCUT2D eigenvalue weighted by Gasteiger charge is -2.14. The molecule has 3 rings (SSSR count). The average Bonchev–Trinajstić information content (AvgIpc) is 3.22. The molecule has 3 aromatic rings. The van der Waals surface area contributed by atoms with Crippen LogP contribution in [0.25, 0.3) is 0 Å². The summed E-state index contributed by atoms with van der Waals surface area (Å²) >= 11 is 0. The van der Waals surface area contributed by atoms with E-state index in [1.54, 1.807) is 35.1 Å². The predicted octanol–water partition coefficient (Wildman–Crippen LogP) is 4.01. The molecule has 0 radical (unpaired) electrons. The minimum atomic E-state index is -4.80. The fourth-order valence-electron chi connectivity index (χ4n) is 2.59. The van der Waals surface area contributed by atoms with Crippen LogP contribution in [0.4, 0.5) is 18.9 Å². The highest BCUT2D eigenvalue weighted by atomic mass is 19.4. The van der Waals surface area contributed by atoms with E-state index in [1.807, 2.05) is 12.3 Å². The number of aromatic nitrogens is 2. The molecule has 0 spiro atoms. The second-order valence-corrected chi connectivity index (χ2v) is 6.51. The van der Waals surface area contributed by atoms with E-state index in [-0.39, 0.29) is 11.3 Å². The van der Waals surface area contributed by atoms with Gasteiger partial charge in [-0.1, -0.05) is 12.1 Å². The number of anilines is 1. The molecule has 31 heavy (non-hydrogen) atoms. The monoisotopic (exact) mass is 433 g/mol. The Morgan fingerprint density at radius 1 is 1.10 bits per heavy atom. The molecule has 1 amide bonds. The van der Waals surface area contributed by atoms with Gasteiger partial charge in [-0.25, -0.2) is 4.79 Å². The molecule has 1 atom stereocenters. The van der Waals surface area contributed by atoms with Crippen molar-refractivity contribution in [3.63, 3.8) is 0 Å². The molecule has 1 aromatic heterocycles. The molecule has 10 heteroatoms. The van der Waals surface area contributed by atoms with Crippen molar-refractivity contribution in [2.24, 2.45) is 0 Å². The van der Waals surface area contributed by atoms with Crippen LogP contribution in [-0.4, -0.2) is 34.1 Å². The zero-order chi connectivity index (χ0) is 22.4. The summed E-state index contributed by atoms with van der Waals surface area (Å²) in [6.45, 7) is 1.94. The summed E-state index contributed by atoms with van der Waals surface area (Å²) in [5.41, 5.74) is 1.44. The molecular weight excluding hydrogens is 415 g/mol. The Labute approximate surface area is 175 Å². The highest BCUT2D eigenvalue weighted by Gasteiger charge is 2.31. The summed E-state index contributed by atoms with van der Waals surface area (Å²) in [5.74, 6) is -1.73. The van der Waals surface area contributed by atoms with Crippen LogP contribution in [0.2, 0.25) is 0 Å². The molecule has 1 unspecified atom stereocenters. The molecule has 0 saturated carbocycles. The van der Waals surface area contributed by atoms with Gasteiger partial charge in [0.2, 0.25) is 0 Å². The van der Waals surface area contributed by atoms with E-state index >= 15 is 0 Å². The molecule has 0 fully saturated rings. The molecule has 0 aliphatic rings. The van der Waals surface area contributed by atoms with Gasteiger partial charge in [-0.3, -0.25) is 9.48 Å². The number of hydrogen-bond donors (Lipinski definition) is 1. The summed E-state index contributed by atoms with van der Waals surface area (Å²) < 4.78 is 47.2. The molecule has 0 aliphatic heterocycles. The SMILES string of the molecule is CC(OC(=O)c1ccc(Cn2cccn2)cc1)C(=O)Nc1ccc(OC(F)(F)F)cc1. The maximum absolute atomic E-state index is 12.3. The summed E-state index contributed by atoms with van der Waals surface area (Å²) in [5, 5.41) is 6.57. The maximum Gasteiger partial charge on any atom is 0.573 e. The number of esters is 1. The number of hydrogen-bond acceptors (Lipinski definition) is 5. The molecule has 0 aliphatic carbocycles. The van der Waals surface area contributed by atoms with Crippen LogP contribution in [0, 0.1) is 0 Å². The molecule has 7 nitrogen and oxygen atoms in total. The Balaban J connectivity index is 1.52. The predicted molar refractivity (Wildman–Crippen MR) is 104 cm³/mol. The number of nitrogens with one attached hydrogen (secondary N) is 1. The molecule has 1 N–H and O–H groups in total. The van der Waals surface area contributed by atoms with E-state index in [0.717, 1.165) is 17.7 Å². The van der Waals surface area contributed by atoms with Crippen molar-refractivity contribution in [3.8, 4) is 5.75 Å². The first-order valence-corrected chi connectivity index (χ1v) is 9.13. The first kappa shape index (κ1) is 21.9. The number of benzene rings is 2. The third-order valence-electron chi connectivity index (χ3n) is 4.10. The number of carbonyl (C=O) groups excluding carboxylic acids is 2. The normalized spacial score (nSPS) is 12.1. The van der Waals surface area contributed by atoms with E-state index < -0.39 is 30.1 Å². The first-order valence-electron chi connectivity index (χ1n) is 9.13. The minimum Gasteiger partial charge on any atom is -0.449 e. The van der Waals surface area contributed by atoms with Gasteiger partial charge in [0.1, 0.15) is 5.75 Å². The summed E-state index contributed by atoms with van der Waals surface area (Å²) in [7, 11) is 0. The second kappa shape index (κ2) is 9.33. The van der Waals surface area contributed by atoms with Gasteiger partial charge >= 0.3 is 12.3 Å². The fraction of sp³-hybridized carbons (Fsp3) is 0.190. The highest BCUT2D eigenvalue weighted by molar-refractivity contribution is 5.97. The standard InChI is InChI=1S/C21H18F3N3O4/c1-14(19(28)26-17-7-9-18(10-8-17)31-21(22,23)24)30-20(29)16-5-3-15(4-6-16)13-27-12-2-11-25-27/h2-12,14H,13H2,1H3,(H,26,28). The van der Waals surface area contributed by atoms with Crippen LogP contribution in [0.15, 0.2) is 67.0 Å². The highest BCUT2D eigenvalue weighted by Crippen LogP contribution is 2.24. The van der Waals surface area contributed by atoms with E-state index in [1.165, 1.54) is 19.1 Å². The fourth-order valence-corrected chi connectivity index (χ4v) is 2.59. The van der Waals surface area contributed by atoms with Gasteiger partial charge in [-0.15, -0.1) is 13.2 Å². The Morgan fingerprint density at radius 3 is 2.35 bits per heavy atom. The van der Waals surface area contributed by atoms with Crippen LogP contribution in [0.3, 0.4) is 0 Å². The van der Waals surface area contributed by atoms with E-state index in [2.05, 4.69) is 15.2 Å². The van der Waals surface area contributed by atoms with Gasteiger partial charge in [0.25, 0.3) is 5.91 Å². The van der Waals surface area contributed by atoms with Gasteiger partial charge in [0.15, 0.2) is 6.10 Å². The average molecular weight is 433 g/mol.